The molecular formula is C17H13F3N2O2. The Hall–Kier alpha value is -2.83. The predicted molar refractivity (Wildman–Crippen MR) is 81.6 cm³/mol. The molecule has 24 heavy (non-hydrogen) atoms. The number of imidazole rings is 1. The lowest BCUT2D eigenvalue weighted by atomic mass is 10.1. The second kappa shape index (κ2) is 5.99. The Morgan fingerprint density at radius 2 is 1.83 bits per heavy atom. The highest BCUT2D eigenvalue weighted by molar-refractivity contribution is 5.90. The minimum Gasteiger partial charge on any atom is -0.462 e. The van der Waals surface area contributed by atoms with E-state index in [4.69, 9.17) is 4.74 Å². The van der Waals surface area contributed by atoms with Crippen LogP contribution in [0.25, 0.3) is 16.9 Å². The number of esters is 1. The third-order valence-electron chi connectivity index (χ3n) is 3.47. The van der Waals surface area contributed by atoms with Crippen molar-refractivity contribution in [2.24, 2.45) is 0 Å². The standard InChI is InChI=1S/C17H13F3N2O2/c1-2-24-16(23)12-5-3-11(4-6-12)14-10-22-9-13(17(18,19)20)7-8-15(22)21-14/h3-10H,2H2,1H3. The van der Waals surface area contributed by atoms with Crippen molar-refractivity contribution in [3.05, 3.63) is 59.9 Å². The van der Waals surface area contributed by atoms with Crippen molar-refractivity contribution in [1.82, 2.24) is 9.38 Å². The van der Waals surface area contributed by atoms with Crippen LogP contribution in [0.1, 0.15) is 22.8 Å². The summed E-state index contributed by atoms with van der Waals surface area (Å²) >= 11 is 0. The van der Waals surface area contributed by atoms with Crippen LogP contribution in [0.3, 0.4) is 0 Å². The van der Waals surface area contributed by atoms with Crippen LogP contribution in [-0.4, -0.2) is 22.0 Å². The van der Waals surface area contributed by atoms with Gasteiger partial charge in [0.25, 0.3) is 0 Å². The van der Waals surface area contributed by atoms with E-state index in [2.05, 4.69) is 4.98 Å². The lowest BCUT2D eigenvalue weighted by Gasteiger charge is -2.05. The molecule has 0 N–H and O–H groups in total. The molecule has 2 aromatic heterocycles. The molecule has 4 nitrogen and oxygen atoms in total. The lowest BCUT2D eigenvalue weighted by Crippen LogP contribution is -2.05. The average Bonchev–Trinajstić information content (AvgIpc) is 2.97. The van der Waals surface area contributed by atoms with E-state index in [1.54, 1.807) is 31.2 Å². The van der Waals surface area contributed by atoms with E-state index >= 15 is 0 Å². The summed E-state index contributed by atoms with van der Waals surface area (Å²) in [6.07, 6.45) is -1.89. The Balaban J connectivity index is 1.93. The number of aromatic nitrogens is 2. The minimum atomic E-state index is -4.40. The summed E-state index contributed by atoms with van der Waals surface area (Å²) in [4.78, 5) is 15.9. The van der Waals surface area contributed by atoms with Crippen LogP contribution in [0, 0.1) is 0 Å². The van der Waals surface area contributed by atoms with Gasteiger partial charge in [-0.05, 0) is 31.2 Å². The van der Waals surface area contributed by atoms with Crippen molar-refractivity contribution in [2.75, 3.05) is 6.61 Å². The highest BCUT2D eigenvalue weighted by Crippen LogP contribution is 2.30. The number of carbonyl (C=O) groups is 1. The third-order valence-corrected chi connectivity index (χ3v) is 3.47. The van der Waals surface area contributed by atoms with Crippen LogP contribution < -0.4 is 0 Å². The molecule has 0 aliphatic carbocycles. The van der Waals surface area contributed by atoms with E-state index in [1.165, 1.54) is 16.7 Å². The number of ether oxygens (including phenoxy) is 1. The SMILES string of the molecule is CCOC(=O)c1ccc(-c2cn3cc(C(F)(F)F)ccc3n2)cc1. The summed E-state index contributed by atoms with van der Waals surface area (Å²) in [6, 6.07) is 8.86. The van der Waals surface area contributed by atoms with Crippen molar-refractivity contribution in [2.45, 2.75) is 13.1 Å². The molecule has 0 aliphatic rings. The van der Waals surface area contributed by atoms with Crippen molar-refractivity contribution in [1.29, 1.82) is 0 Å². The quantitative estimate of drug-likeness (QED) is 0.674. The van der Waals surface area contributed by atoms with Crippen molar-refractivity contribution < 1.29 is 22.7 Å². The number of hydrogen-bond acceptors (Lipinski definition) is 3. The van der Waals surface area contributed by atoms with Gasteiger partial charge in [0.15, 0.2) is 0 Å². The molecule has 0 bridgehead atoms. The fourth-order valence-electron chi connectivity index (χ4n) is 2.29. The van der Waals surface area contributed by atoms with Gasteiger partial charge in [-0.3, -0.25) is 0 Å². The summed E-state index contributed by atoms with van der Waals surface area (Å²) in [5.41, 5.74) is 1.29. The van der Waals surface area contributed by atoms with Gasteiger partial charge in [0, 0.05) is 18.0 Å². The molecule has 0 aliphatic heterocycles. The van der Waals surface area contributed by atoms with Crippen LogP contribution in [0.2, 0.25) is 0 Å². The number of pyridine rings is 1. The molecule has 0 spiro atoms. The first-order chi connectivity index (χ1) is 11.4. The van der Waals surface area contributed by atoms with E-state index in [1.807, 2.05) is 0 Å². The second-order valence-corrected chi connectivity index (χ2v) is 5.10. The Kier molecular flexibility index (Phi) is 4.01. The van der Waals surface area contributed by atoms with E-state index in [9.17, 15) is 18.0 Å². The second-order valence-electron chi connectivity index (χ2n) is 5.10. The average molecular weight is 334 g/mol. The fourth-order valence-corrected chi connectivity index (χ4v) is 2.29. The summed E-state index contributed by atoms with van der Waals surface area (Å²) in [6.45, 7) is 2.01. The molecule has 3 rings (SSSR count). The molecule has 0 amide bonds. The van der Waals surface area contributed by atoms with Crippen LogP contribution in [0.15, 0.2) is 48.8 Å². The van der Waals surface area contributed by atoms with Crippen molar-refractivity contribution >= 4 is 11.6 Å². The Bertz CT molecular complexity index is 883. The Morgan fingerprint density at radius 3 is 2.46 bits per heavy atom. The fraction of sp³-hybridized carbons (Fsp3) is 0.176. The third kappa shape index (κ3) is 3.10. The van der Waals surface area contributed by atoms with Gasteiger partial charge in [-0.15, -0.1) is 0 Å². The molecular weight excluding hydrogens is 321 g/mol. The highest BCUT2D eigenvalue weighted by Gasteiger charge is 2.30. The molecule has 2 heterocycles. The monoisotopic (exact) mass is 334 g/mol. The number of alkyl halides is 3. The first-order valence-electron chi connectivity index (χ1n) is 7.22. The molecule has 0 saturated heterocycles. The number of benzene rings is 1. The smallest absolute Gasteiger partial charge is 0.417 e. The number of hydrogen-bond donors (Lipinski definition) is 0. The van der Waals surface area contributed by atoms with Gasteiger partial charge in [0.2, 0.25) is 0 Å². The first-order valence-corrected chi connectivity index (χ1v) is 7.22. The van der Waals surface area contributed by atoms with Gasteiger partial charge in [-0.25, -0.2) is 9.78 Å². The predicted octanol–water partition coefficient (Wildman–Crippen LogP) is 4.20. The summed E-state index contributed by atoms with van der Waals surface area (Å²) in [7, 11) is 0. The minimum absolute atomic E-state index is 0.286. The number of carbonyl (C=O) groups excluding carboxylic acids is 1. The van der Waals surface area contributed by atoms with E-state index < -0.39 is 17.7 Å². The normalized spacial score (nSPS) is 11.7. The van der Waals surface area contributed by atoms with Crippen molar-refractivity contribution in [3.8, 4) is 11.3 Å². The summed E-state index contributed by atoms with van der Waals surface area (Å²) in [5.74, 6) is -0.422. The number of fused-ring (bicyclic) bond motifs is 1. The summed E-state index contributed by atoms with van der Waals surface area (Å²) in [5, 5.41) is 0. The number of rotatable bonds is 3. The topological polar surface area (TPSA) is 43.6 Å². The maximum absolute atomic E-state index is 12.8. The molecule has 3 aromatic rings. The van der Waals surface area contributed by atoms with Gasteiger partial charge < -0.3 is 9.14 Å². The molecule has 0 saturated carbocycles. The highest BCUT2D eigenvalue weighted by atomic mass is 19.4. The van der Waals surface area contributed by atoms with Gasteiger partial charge >= 0.3 is 12.1 Å². The van der Waals surface area contributed by atoms with Crippen molar-refractivity contribution in [3.63, 3.8) is 0 Å². The van der Waals surface area contributed by atoms with Gasteiger partial charge in [0.05, 0.1) is 23.4 Å². The Morgan fingerprint density at radius 1 is 1.12 bits per heavy atom. The van der Waals surface area contributed by atoms with E-state index in [-0.39, 0.29) is 6.61 Å². The molecule has 0 unspecified atom stereocenters. The molecule has 0 radical (unpaired) electrons. The molecule has 0 fully saturated rings. The zero-order valence-corrected chi connectivity index (χ0v) is 12.7. The maximum atomic E-state index is 12.8. The van der Waals surface area contributed by atoms with Crippen LogP contribution in [-0.2, 0) is 10.9 Å². The lowest BCUT2D eigenvalue weighted by molar-refractivity contribution is -0.137. The maximum Gasteiger partial charge on any atom is 0.417 e. The molecule has 0 atom stereocenters. The van der Waals surface area contributed by atoms with Crippen LogP contribution in [0.4, 0.5) is 13.2 Å². The Labute approximate surface area is 135 Å². The van der Waals surface area contributed by atoms with E-state index in [0.717, 1.165) is 12.3 Å². The number of nitrogens with zero attached hydrogens (tertiary/aromatic N) is 2. The van der Waals surface area contributed by atoms with Crippen LogP contribution >= 0.6 is 0 Å². The zero-order chi connectivity index (χ0) is 17.3. The molecule has 7 heteroatoms. The van der Waals surface area contributed by atoms with Crippen LogP contribution in [0.5, 0.6) is 0 Å². The number of halogens is 3. The zero-order valence-electron chi connectivity index (χ0n) is 12.7. The largest absolute Gasteiger partial charge is 0.462 e. The van der Waals surface area contributed by atoms with Gasteiger partial charge in [0.1, 0.15) is 5.65 Å². The first kappa shape index (κ1) is 16.0. The van der Waals surface area contributed by atoms with Gasteiger partial charge in [-0.1, -0.05) is 12.1 Å². The van der Waals surface area contributed by atoms with E-state index in [0.29, 0.717) is 22.5 Å². The van der Waals surface area contributed by atoms with Gasteiger partial charge in [-0.2, -0.15) is 13.2 Å². The summed E-state index contributed by atoms with van der Waals surface area (Å²) < 4.78 is 44.5. The molecule has 1 aromatic carbocycles. The molecule has 124 valence electrons.